The molecule has 1 aromatic rings. The average Bonchev–Trinajstić information content (AvgIpc) is 2.64. The summed E-state index contributed by atoms with van der Waals surface area (Å²) in [5, 5.41) is 0. The molecule has 0 saturated heterocycles. The molecule has 2 N–H and O–H groups in total. The highest BCUT2D eigenvalue weighted by atomic mass is 32.2. The van der Waals surface area contributed by atoms with Crippen molar-refractivity contribution < 1.29 is 8.42 Å². The minimum Gasteiger partial charge on any atom is -0.321 e. The van der Waals surface area contributed by atoms with Crippen molar-refractivity contribution in [2.24, 2.45) is 5.73 Å². The Morgan fingerprint density at radius 3 is 2.29 bits per heavy atom. The van der Waals surface area contributed by atoms with Crippen LogP contribution in [0.3, 0.4) is 0 Å². The van der Waals surface area contributed by atoms with Crippen LogP contribution in [0.25, 0.3) is 0 Å². The molecular formula is C13H19NO2S. The normalized spacial score (nSPS) is 19.5. The van der Waals surface area contributed by atoms with E-state index in [1.54, 1.807) is 6.07 Å². The molecule has 0 aromatic heterocycles. The zero-order chi connectivity index (χ0) is 12.7. The first-order valence-electron chi connectivity index (χ1n) is 5.93. The first kappa shape index (κ1) is 12.6. The van der Waals surface area contributed by atoms with E-state index >= 15 is 0 Å². The lowest BCUT2D eigenvalue weighted by atomic mass is 9.88. The molecule has 1 saturated carbocycles. The summed E-state index contributed by atoms with van der Waals surface area (Å²) >= 11 is 0. The van der Waals surface area contributed by atoms with Gasteiger partial charge in [-0.25, -0.2) is 8.42 Å². The van der Waals surface area contributed by atoms with Gasteiger partial charge in [-0.1, -0.05) is 25.0 Å². The third-order valence-corrected chi connectivity index (χ3v) is 4.90. The average molecular weight is 253 g/mol. The minimum absolute atomic E-state index is 0.249. The molecule has 4 heteroatoms. The Labute approximate surface area is 103 Å². The zero-order valence-corrected chi connectivity index (χ0v) is 11.2. The van der Waals surface area contributed by atoms with Crippen LogP contribution in [0.4, 0.5) is 0 Å². The third kappa shape index (κ3) is 2.38. The number of aryl methyl sites for hydroxylation is 1. The largest absolute Gasteiger partial charge is 0.321 e. The van der Waals surface area contributed by atoms with Gasteiger partial charge in [0.05, 0.1) is 4.90 Å². The number of benzene rings is 1. The van der Waals surface area contributed by atoms with Crippen molar-refractivity contribution in [3.05, 3.63) is 29.3 Å². The molecular weight excluding hydrogens is 234 g/mol. The maximum Gasteiger partial charge on any atom is 0.175 e. The van der Waals surface area contributed by atoms with E-state index < -0.39 is 9.84 Å². The predicted octanol–water partition coefficient (Wildman–Crippen LogP) is 2.13. The van der Waals surface area contributed by atoms with E-state index in [0.29, 0.717) is 4.90 Å². The third-order valence-electron chi connectivity index (χ3n) is 3.65. The SMILES string of the molecule is Cc1cc(C2(N)CCCC2)ccc1S(C)(=O)=O. The van der Waals surface area contributed by atoms with Crippen LogP contribution in [0, 0.1) is 6.92 Å². The van der Waals surface area contributed by atoms with Crippen LogP contribution in [0.5, 0.6) is 0 Å². The fraction of sp³-hybridized carbons (Fsp3) is 0.538. The van der Waals surface area contributed by atoms with Gasteiger partial charge in [0.2, 0.25) is 0 Å². The fourth-order valence-corrected chi connectivity index (χ4v) is 3.63. The predicted molar refractivity (Wildman–Crippen MR) is 68.6 cm³/mol. The smallest absolute Gasteiger partial charge is 0.175 e. The summed E-state index contributed by atoms with van der Waals surface area (Å²) in [4.78, 5) is 0.405. The van der Waals surface area contributed by atoms with Crippen molar-refractivity contribution in [2.45, 2.75) is 43.0 Å². The summed E-state index contributed by atoms with van der Waals surface area (Å²) in [5.74, 6) is 0. The summed E-state index contributed by atoms with van der Waals surface area (Å²) < 4.78 is 23.1. The molecule has 0 atom stereocenters. The molecule has 0 heterocycles. The molecule has 0 radical (unpaired) electrons. The highest BCUT2D eigenvalue weighted by molar-refractivity contribution is 7.90. The molecule has 0 bridgehead atoms. The van der Waals surface area contributed by atoms with Crippen LogP contribution in [-0.2, 0) is 15.4 Å². The highest BCUT2D eigenvalue weighted by Crippen LogP contribution is 2.37. The van der Waals surface area contributed by atoms with Gasteiger partial charge in [-0.2, -0.15) is 0 Å². The van der Waals surface area contributed by atoms with Gasteiger partial charge in [-0.15, -0.1) is 0 Å². The minimum atomic E-state index is -3.13. The van der Waals surface area contributed by atoms with Crippen molar-refractivity contribution >= 4 is 9.84 Å². The summed E-state index contributed by atoms with van der Waals surface area (Å²) in [5.41, 5.74) is 7.97. The van der Waals surface area contributed by atoms with E-state index in [9.17, 15) is 8.42 Å². The van der Waals surface area contributed by atoms with Crippen LogP contribution < -0.4 is 5.73 Å². The van der Waals surface area contributed by atoms with Gasteiger partial charge in [0.25, 0.3) is 0 Å². The van der Waals surface area contributed by atoms with Gasteiger partial charge in [-0.3, -0.25) is 0 Å². The van der Waals surface area contributed by atoms with E-state index in [2.05, 4.69) is 0 Å². The molecule has 0 unspecified atom stereocenters. The summed E-state index contributed by atoms with van der Waals surface area (Å²) in [7, 11) is -3.13. The molecule has 1 aromatic carbocycles. The van der Waals surface area contributed by atoms with Crippen molar-refractivity contribution in [1.29, 1.82) is 0 Å². The van der Waals surface area contributed by atoms with Crippen molar-refractivity contribution in [1.82, 2.24) is 0 Å². The monoisotopic (exact) mass is 253 g/mol. The van der Waals surface area contributed by atoms with Gasteiger partial charge in [0.1, 0.15) is 0 Å². The van der Waals surface area contributed by atoms with Gasteiger partial charge in [0, 0.05) is 11.8 Å². The molecule has 94 valence electrons. The Morgan fingerprint density at radius 2 is 1.82 bits per heavy atom. The van der Waals surface area contributed by atoms with Crippen LogP contribution in [0.1, 0.15) is 36.8 Å². The standard InChI is InChI=1S/C13H19NO2S/c1-10-9-11(13(14)7-3-4-8-13)5-6-12(10)17(2,15)16/h5-6,9H,3-4,7-8,14H2,1-2H3. The van der Waals surface area contributed by atoms with E-state index in [-0.39, 0.29) is 5.54 Å². The summed E-state index contributed by atoms with van der Waals surface area (Å²) in [6.07, 6.45) is 5.53. The highest BCUT2D eigenvalue weighted by Gasteiger charge is 2.31. The number of rotatable bonds is 2. The first-order chi connectivity index (χ1) is 7.83. The quantitative estimate of drug-likeness (QED) is 0.878. The number of nitrogens with two attached hydrogens (primary N) is 1. The van der Waals surface area contributed by atoms with Crippen LogP contribution >= 0.6 is 0 Å². The molecule has 0 amide bonds. The second-order valence-electron chi connectivity index (χ2n) is 5.12. The van der Waals surface area contributed by atoms with Crippen molar-refractivity contribution in [3.8, 4) is 0 Å². The second-order valence-corrected chi connectivity index (χ2v) is 7.10. The molecule has 0 spiro atoms. The van der Waals surface area contributed by atoms with E-state index in [1.165, 1.54) is 6.26 Å². The van der Waals surface area contributed by atoms with Gasteiger partial charge < -0.3 is 5.73 Å². The van der Waals surface area contributed by atoms with Crippen LogP contribution in [0.2, 0.25) is 0 Å². The lowest BCUT2D eigenvalue weighted by molar-refractivity contribution is 0.461. The molecule has 1 aliphatic carbocycles. The van der Waals surface area contributed by atoms with Crippen LogP contribution in [-0.4, -0.2) is 14.7 Å². The molecule has 3 nitrogen and oxygen atoms in total. The zero-order valence-electron chi connectivity index (χ0n) is 10.4. The van der Waals surface area contributed by atoms with Crippen molar-refractivity contribution in [3.63, 3.8) is 0 Å². The Morgan fingerprint density at radius 1 is 1.24 bits per heavy atom. The van der Waals surface area contributed by atoms with Crippen LogP contribution in [0.15, 0.2) is 23.1 Å². The topological polar surface area (TPSA) is 60.2 Å². The van der Waals surface area contributed by atoms with Crippen molar-refractivity contribution in [2.75, 3.05) is 6.26 Å². The number of sulfone groups is 1. The van der Waals surface area contributed by atoms with E-state index in [1.807, 2.05) is 19.1 Å². The second kappa shape index (κ2) is 4.10. The van der Waals surface area contributed by atoms with Gasteiger partial charge in [-0.05, 0) is 37.0 Å². The maximum atomic E-state index is 11.5. The Bertz CT molecular complexity index is 528. The lowest BCUT2D eigenvalue weighted by Crippen LogP contribution is -2.33. The van der Waals surface area contributed by atoms with Gasteiger partial charge in [0.15, 0.2) is 9.84 Å². The lowest BCUT2D eigenvalue weighted by Gasteiger charge is -2.25. The number of hydrogen-bond donors (Lipinski definition) is 1. The molecule has 0 aliphatic heterocycles. The Balaban J connectivity index is 2.44. The summed E-state index contributed by atoms with van der Waals surface area (Å²) in [6.45, 7) is 1.83. The molecule has 17 heavy (non-hydrogen) atoms. The summed E-state index contributed by atoms with van der Waals surface area (Å²) in [6, 6.07) is 5.49. The van der Waals surface area contributed by atoms with E-state index in [4.69, 9.17) is 5.73 Å². The van der Waals surface area contributed by atoms with E-state index in [0.717, 1.165) is 36.8 Å². The molecule has 1 aliphatic rings. The fourth-order valence-electron chi connectivity index (χ4n) is 2.67. The Kier molecular flexibility index (Phi) is 3.04. The maximum absolute atomic E-state index is 11.5. The molecule has 1 fully saturated rings. The van der Waals surface area contributed by atoms with Gasteiger partial charge >= 0.3 is 0 Å². The number of hydrogen-bond acceptors (Lipinski definition) is 3. The molecule has 2 rings (SSSR count). The first-order valence-corrected chi connectivity index (χ1v) is 7.82. The Hall–Kier alpha value is -0.870.